The van der Waals surface area contributed by atoms with Crippen LogP contribution in [0.4, 0.5) is 0 Å². The second-order valence-corrected chi connectivity index (χ2v) is 2.74. The molecule has 0 amide bonds. The average molecular weight is 175 g/mol. The van der Waals surface area contributed by atoms with Crippen LogP contribution in [0.15, 0.2) is 29.4 Å². The summed E-state index contributed by atoms with van der Waals surface area (Å²) in [4.78, 5) is 9.55. The Morgan fingerprint density at radius 1 is 1.31 bits per heavy atom. The van der Waals surface area contributed by atoms with Crippen LogP contribution in [0.1, 0.15) is 11.1 Å². The molecule has 1 aliphatic rings. The first kappa shape index (κ1) is 7.86. The van der Waals surface area contributed by atoms with Gasteiger partial charge in [-0.05, 0) is 29.8 Å². The number of benzene rings is 1. The predicted molar refractivity (Wildman–Crippen MR) is 50.4 cm³/mol. The predicted octanol–water partition coefficient (Wildman–Crippen LogP) is 2.32. The van der Waals surface area contributed by atoms with Crippen molar-refractivity contribution in [2.45, 2.75) is 6.92 Å². The Morgan fingerprint density at radius 3 is 3.15 bits per heavy atom. The number of oxime groups is 1. The molecule has 2 bridgehead atoms. The van der Waals surface area contributed by atoms with E-state index < -0.39 is 0 Å². The Labute approximate surface area is 76.2 Å². The first-order chi connectivity index (χ1) is 6.38. The van der Waals surface area contributed by atoms with E-state index in [2.05, 4.69) is 10.1 Å². The van der Waals surface area contributed by atoms with Crippen LogP contribution in [0.3, 0.4) is 0 Å². The number of allylic oxidation sites excluding steroid dienone is 1. The molecule has 1 aromatic rings. The molecule has 0 saturated heterocycles. The molecule has 0 unspecified atom stereocenters. The van der Waals surface area contributed by atoms with Crippen LogP contribution in [0.25, 0.3) is 6.08 Å². The standard InChI is InChI=1S/C10H9NO2/c1-8-9-4-2-6-10(8)12-13-11-7-3-5-9/h2-7H,1H3/b5-3?,11-7+. The highest BCUT2D eigenvalue weighted by Gasteiger charge is 2.04. The highest BCUT2D eigenvalue weighted by atomic mass is 17.3. The van der Waals surface area contributed by atoms with Gasteiger partial charge in [0.2, 0.25) is 0 Å². The molecular weight excluding hydrogens is 166 g/mol. The van der Waals surface area contributed by atoms with Crippen molar-refractivity contribution in [2.75, 3.05) is 0 Å². The summed E-state index contributed by atoms with van der Waals surface area (Å²) < 4.78 is 0. The van der Waals surface area contributed by atoms with Crippen molar-refractivity contribution < 1.29 is 9.88 Å². The maximum absolute atomic E-state index is 4.96. The molecule has 1 aliphatic heterocycles. The van der Waals surface area contributed by atoms with Gasteiger partial charge in [0.05, 0.1) is 6.21 Å². The van der Waals surface area contributed by atoms with E-state index in [-0.39, 0.29) is 0 Å². The van der Waals surface area contributed by atoms with E-state index in [1.807, 2.05) is 31.2 Å². The lowest BCUT2D eigenvalue weighted by atomic mass is 10.1. The van der Waals surface area contributed by atoms with Crippen molar-refractivity contribution in [3.63, 3.8) is 0 Å². The van der Waals surface area contributed by atoms with Gasteiger partial charge in [0.15, 0.2) is 5.75 Å². The van der Waals surface area contributed by atoms with E-state index in [1.165, 1.54) is 6.21 Å². The average Bonchev–Trinajstić information content (AvgIpc) is 2.21. The molecule has 0 fully saturated rings. The maximum atomic E-state index is 4.96. The second-order valence-electron chi connectivity index (χ2n) is 2.74. The molecule has 0 aliphatic carbocycles. The summed E-state index contributed by atoms with van der Waals surface area (Å²) >= 11 is 0. The number of rotatable bonds is 0. The van der Waals surface area contributed by atoms with Crippen LogP contribution in [-0.4, -0.2) is 6.21 Å². The SMILES string of the molecule is Cc1c2cccc1OO/N=C/C=C2. The number of fused-ring (bicyclic) bond motifs is 2. The Morgan fingerprint density at radius 2 is 2.23 bits per heavy atom. The van der Waals surface area contributed by atoms with E-state index in [4.69, 9.17) is 4.89 Å². The van der Waals surface area contributed by atoms with Gasteiger partial charge in [0, 0.05) is 5.56 Å². The zero-order valence-corrected chi connectivity index (χ0v) is 7.23. The van der Waals surface area contributed by atoms with Crippen LogP contribution < -0.4 is 4.89 Å². The van der Waals surface area contributed by atoms with Crippen molar-refractivity contribution in [3.05, 3.63) is 35.4 Å². The van der Waals surface area contributed by atoms with Crippen LogP contribution in [0, 0.1) is 6.92 Å². The summed E-state index contributed by atoms with van der Waals surface area (Å²) in [5.74, 6) is 0.696. The quantitative estimate of drug-likeness (QED) is 0.566. The molecule has 0 atom stereocenters. The van der Waals surface area contributed by atoms with Crippen LogP contribution in [-0.2, 0) is 4.99 Å². The highest BCUT2D eigenvalue weighted by Crippen LogP contribution is 2.22. The zero-order chi connectivity index (χ0) is 9.10. The van der Waals surface area contributed by atoms with E-state index >= 15 is 0 Å². The lowest BCUT2D eigenvalue weighted by Gasteiger charge is -2.04. The summed E-state index contributed by atoms with van der Waals surface area (Å²) in [6.45, 7) is 1.98. The van der Waals surface area contributed by atoms with Crippen molar-refractivity contribution in [3.8, 4) is 5.75 Å². The molecular formula is C10H9NO2. The van der Waals surface area contributed by atoms with Gasteiger partial charge in [-0.25, -0.2) is 0 Å². The largest absolute Gasteiger partial charge is 0.267 e. The van der Waals surface area contributed by atoms with Gasteiger partial charge in [-0.15, -0.1) is 0 Å². The van der Waals surface area contributed by atoms with E-state index in [0.29, 0.717) is 5.75 Å². The maximum Gasteiger partial charge on any atom is 0.184 e. The lowest BCUT2D eigenvalue weighted by molar-refractivity contribution is -0.206. The molecule has 0 N–H and O–H groups in total. The molecule has 0 aromatic heterocycles. The molecule has 0 spiro atoms. The summed E-state index contributed by atoms with van der Waals surface area (Å²) in [6, 6.07) is 5.77. The van der Waals surface area contributed by atoms with Gasteiger partial charge in [-0.2, -0.15) is 4.99 Å². The Kier molecular flexibility index (Phi) is 2.00. The molecule has 0 radical (unpaired) electrons. The van der Waals surface area contributed by atoms with E-state index in [0.717, 1.165) is 11.1 Å². The summed E-state index contributed by atoms with van der Waals surface area (Å²) in [5, 5.41) is 3.56. The summed E-state index contributed by atoms with van der Waals surface area (Å²) in [6.07, 6.45) is 5.30. The molecule has 2 rings (SSSR count). The fraction of sp³-hybridized carbons (Fsp3) is 0.100. The minimum atomic E-state index is 0.696. The highest BCUT2D eigenvalue weighted by molar-refractivity contribution is 5.78. The van der Waals surface area contributed by atoms with Gasteiger partial charge in [-0.3, -0.25) is 4.89 Å². The minimum absolute atomic E-state index is 0.696. The Bertz CT molecular complexity index is 369. The van der Waals surface area contributed by atoms with Crippen LogP contribution >= 0.6 is 0 Å². The van der Waals surface area contributed by atoms with E-state index in [1.54, 1.807) is 6.08 Å². The third-order valence-corrected chi connectivity index (χ3v) is 1.92. The fourth-order valence-corrected chi connectivity index (χ4v) is 1.17. The van der Waals surface area contributed by atoms with Gasteiger partial charge in [0.25, 0.3) is 0 Å². The number of hydrogen-bond acceptors (Lipinski definition) is 3. The van der Waals surface area contributed by atoms with Crippen molar-refractivity contribution in [1.29, 1.82) is 0 Å². The molecule has 13 heavy (non-hydrogen) atoms. The number of hydrogen-bond donors (Lipinski definition) is 0. The summed E-state index contributed by atoms with van der Waals surface area (Å²) in [7, 11) is 0. The molecule has 1 aromatic carbocycles. The topological polar surface area (TPSA) is 30.8 Å². The first-order valence-corrected chi connectivity index (χ1v) is 4.01. The monoisotopic (exact) mass is 175 g/mol. The third-order valence-electron chi connectivity index (χ3n) is 1.92. The van der Waals surface area contributed by atoms with Crippen LogP contribution in [0.5, 0.6) is 5.75 Å². The third kappa shape index (κ3) is 1.54. The van der Waals surface area contributed by atoms with Crippen LogP contribution in [0.2, 0.25) is 0 Å². The second kappa shape index (κ2) is 3.31. The lowest BCUT2D eigenvalue weighted by Crippen LogP contribution is -1.93. The Balaban J connectivity index is 2.51. The van der Waals surface area contributed by atoms with Crippen molar-refractivity contribution in [1.82, 2.24) is 0 Å². The molecule has 3 nitrogen and oxygen atoms in total. The van der Waals surface area contributed by atoms with Gasteiger partial charge in [0.1, 0.15) is 0 Å². The van der Waals surface area contributed by atoms with Gasteiger partial charge >= 0.3 is 0 Å². The molecule has 0 saturated carbocycles. The smallest absolute Gasteiger partial charge is 0.184 e. The molecule has 3 heteroatoms. The zero-order valence-electron chi connectivity index (χ0n) is 7.23. The number of nitrogens with zero attached hydrogens (tertiary/aromatic N) is 1. The minimum Gasteiger partial charge on any atom is -0.267 e. The Hall–Kier alpha value is -1.77. The van der Waals surface area contributed by atoms with Gasteiger partial charge < -0.3 is 0 Å². The normalized spacial score (nSPS) is 16.1. The fourth-order valence-electron chi connectivity index (χ4n) is 1.17. The molecule has 66 valence electrons. The first-order valence-electron chi connectivity index (χ1n) is 4.01. The summed E-state index contributed by atoms with van der Waals surface area (Å²) in [5.41, 5.74) is 2.15. The van der Waals surface area contributed by atoms with E-state index in [9.17, 15) is 0 Å². The molecule has 1 heterocycles. The van der Waals surface area contributed by atoms with Crippen molar-refractivity contribution in [2.24, 2.45) is 5.16 Å². The van der Waals surface area contributed by atoms with Crippen molar-refractivity contribution >= 4 is 12.3 Å². The van der Waals surface area contributed by atoms with Gasteiger partial charge in [-0.1, -0.05) is 18.2 Å².